The summed E-state index contributed by atoms with van der Waals surface area (Å²) in [6.45, 7) is 4.55. The van der Waals surface area contributed by atoms with Crippen molar-refractivity contribution in [3.63, 3.8) is 0 Å². The van der Waals surface area contributed by atoms with E-state index >= 15 is 0 Å². The number of carbonyl (C=O) groups is 1. The van der Waals surface area contributed by atoms with Crippen molar-refractivity contribution in [2.24, 2.45) is 0 Å². The molecule has 23 heavy (non-hydrogen) atoms. The Morgan fingerprint density at radius 3 is 2.83 bits per heavy atom. The molecule has 1 heterocycles. The van der Waals surface area contributed by atoms with E-state index in [2.05, 4.69) is 4.90 Å². The van der Waals surface area contributed by atoms with Gasteiger partial charge in [0.05, 0.1) is 25.3 Å². The molecule has 0 aliphatic carbocycles. The average Bonchev–Trinajstić information content (AvgIpc) is 2.55. The summed E-state index contributed by atoms with van der Waals surface area (Å²) in [5, 5.41) is 9.06. The fraction of sp³-hybridized carbons (Fsp3) is 0.438. The van der Waals surface area contributed by atoms with Crippen molar-refractivity contribution in [1.29, 1.82) is 0 Å². The van der Waals surface area contributed by atoms with Crippen LogP contribution in [0.3, 0.4) is 0 Å². The zero-order valence-electron chi connectivity index (χ0n) is 13.0. The lowest BCUT2D eigenvalue weighted by molar-refractivity contribution is -0.131. The van der Waals surface area contributed by atoms with Gasteiger partial charge in [-0.1, -0.05) is 11.6 Å². The summed E-state index contributed by atoms with van der Waals surface area (Å²) in [6.07, 6.45) is 2.50. The Bertz CT molecular complexity index is 570. The van der Waals surface area contributed by atoms with Gasteiger partial charge in [0.1, 0.15) is 6.61 Å². The van der Waals surface area contributed by atoms with Crippen LogP contribution in [0.25, 0.3) is 6.08 Å². The molecule has 1 saturated heterocycles. The molecule has 1 fully saturated rings. The molecule has 0 unspecified atom stereocenters. The molecule has 0 spiro atoms. The highest BCUT2D eigenvalue weighted by Gasteiger charge is 2.14. The minimum atomic E-state index is -1.02. The average molecular weight is 342 g/mol. The quantitative estimate of drug-likeness (QED) is 0.766. The number of ether oxygens (including phenoxy) is 3. The molecule has 0 radical (unpaired) electrons. The Morgan fingerprint density at radius 2 is 2.17 bits per heavy atom. The third-order valence-corrected chi connectivity index (χ3v) is 3.71. The van der Waals surface area contributed by atoms with Crippen molar-refractivity contribution in [1.82, 2.24) is 4.90 Å². The van der Waals surface area contributed by atoms with Gasteiger partial charge in [0.25, 0.3) is 0 Å². The second-order valence-corrected chi connectivity index (χ2v) is 5.42. The van der Waals surface area contributed by atoms with Crippen molar-refractivity contribution < 1.29 is 24.1 Å². The van der Waals surface area contributed by atoms with Crippen LogP contribution in [0, 0.1) is 0 Å². The molecule has 0 bridgehead atoms. The van der Waals surface area contributed by atoms with Crippen LogP contribution in [0.2, 0.25) is 5.02 Å². The third-order valence-electron chi connectivity index (χ3n) is 3.43. The van der Waals surface area contributed by atoms with Gasteiger partial charge in [-0.15, -0.1) is 0 Å². The van der Waals surface area contributed by atoms with Crippen LogP contribution >= 0.6 is 11.6 Å². The van der Waals surface area contributed by atoms with E-state index in [1.54, 1.807) is 12.1 Å². The molecule has 1 aliphatic heterocycles. The standard InChI is InChI=1S/C16H20ClNO5/c1-21-14-11-12(2-3-15(19)20)10-13(17)16(14)23-9-6-18-4-7-22-8-5-18/h2-3,10-11H,4-9H2,1H3,(H,19,20). The van der Waals surface area contributed by atoms with Gasteiger partial charge in [0, 0.05) is 25.7 Å². The Morgan fingerprint density at radius 1 is 1.43 bits per heavy atom. The van der Waals surface area contributed by atoms with Gasteiger partial charge in [0.15, 0.2) is 11.5 Å². The fourth-order valence-corrected chi connectivity index (χ4v) is 2.52. The molecule has 2 rings (SSSR count). The summed E-state index contributed by atoms with van der Waals surface area (Å²) in [6, 6.07) is 3.34. The molecule has 1 N–H and O–H groups in total. The van der Waals surface area contributed by atoms with E-state index in [4.69, 9.17) is 30.9 Å². The Balaban J connectivity index is 2.01. The molecular weight excluding hydrogens is 322 g/mol. The number of morpholine rings is 1. The molecule has 1 aromatic rings. The van der Waals surface area contributed by atoms with Gasteiger partial charge in [-0.3, -0.25) is 4.90 Å². The Hall–Kier alpha value is -1.76. The predicted octanol–water partition coefficient (Wildman–Crippen LogP) is 2.16. The highest BCUT2D eigenvalue weighted by atomic mass is 35.5. The van der Waals surface area contributed by atoms with Crippen molar-refractivity contribution >= 4 is 23.6 Å². The number of hydrogen-bond donors (Lipinski definition) is 1. The summed E-state index contributed by atoms with van der Waals surface area (Å²) < 4.78 is 16.4. The van der Waals surface area contributed by atoms with Crippen molar-refractivity contribution in [2.75, 3.05) is 46.6 Å². The van der Waals surface area contributed by atoms with Crippen LogP contribution in [0.15, 0.2) is 18.2 Å². The van der Waals surface area contributed by atoms with Crippen LogP contribution in [0.1, 0.15) is 5.56 Å². The number of carboxylic acids is 1. The molecule has 0 aromatic heterocycles. The van der Waals surface area contributed by atoms with Crippen LogP contribution in [0.4, 0.5) is 0 Å². The number of hydrogen-bond acceptors (Lipinski definition) is 5. The van der Waals surface area contributed by atoms with E-state index in [1.807, 2.05) is 0 Å². The summed E-state index contributed by atoms with van der Waals surface area (Å²) in [4.78, 5) is 12.8. The maximum atomic E-state index is 10.6. The van der Waals surface area contributed by atoms with Gasteiger partial charge in [0.2, 0.25) is 0 Å². The van der Waals surface area contributed by atoms with Crippen LogP contribution in [-0.2, 0) is 9.53 Å². The van der Waals surface area contributed by atoms with Gasteiger partial charge >= 0.3 is 5.97 Å². The van der Waals surface area contributed by atoms with Gasteiger partial charge in [-0.2, -0.15) is 0 Å². The summed E-state index contributed by atoms with van der Waals surface area (Å²) in [5.41, 5.74) is 0.634. The molecule has 7 heteroatoms. The number of aliphatic carboxylic acids is 1. The third kappa shape index (κ3) is 5.42. The first-order valence-corrected chi connectivity index (χ1v) is 7.69. The lowest BCUT2D eigenvalue weighted by Gasteiger charge is -2.26. The number of halogens is 1. The Kier molecular flexibility index (Phi) is 6.70. The minimum Gasteiger partial charge on any atom is -0.493 e. The summed E-state index contributed by atoms with van der Waals surface area (Å²) in [7, 11) is 1.52. The molecule has 0 saturated carbocycles. The molecular formula is C16H20ClNO5. The normalized spacial score (nSPS) is 15.7. The molecule has 1 aromatic carbocycles. The molecule has 0 amide bonds. The first kappa shape index (κ1) is 17.6. The minimum absolute atomic E-state index is 0.386. The topological polar surface area (TPSA) is 68.2 Å². The first-order valence-electron chi connectivity index (χ1n) is 7.31. The van der Waals surface area contributed by atoms with Crippen LogP contribution < -0.4 is 9.47 Å². The van der Waals surface area contributed by atoms with E-state index < -0.39 is 5.97 Å². The highest BCUT2D eigenvalue weighted by molar-refractivity contribution is 6.32. The van der Waals surface area contributed by atoms with Crippen molar-refractivity contribution in [3.05, 3.63) is 28.8 Å². The monoisotopic (exact) mass is 341 g/mol. The SMILES string of the molecule is COc1cc(C=CC(=O)O)cc(Cl)c1OCCN1CCOCC1. The van der Waals surface area contributed by atoms with Crippen LogP contribution in [-0.4, -0.2) is 62.5 Å². The highest BCUT2D eigenvalue weighted by Crippen LogP contribution is 2.36. The maximum Gasteiger partial charge on any atom is 0.328 e. The maximum absolute atomic E-state index is 10.6. The number of methoxy groups -OCH3 is 1. The van der Waals surface area contributed by atoms with Gasteiger partial charge in [-0.05, 0) is 23.8 Å². The smallest absolute Gasteiger partial charge is 0.328 e. The largest absolute Gasteiger partial charge is 0.493 e. The number of benzene rings is 1. The van der Waals surface area contributed by atoms with Crippen LogP contribution in [0.5, 0.6) is 11.5 Å². The second kappa shape index (κ2) is 8.76. The van der Waals surface area contributed by atoms with E-state index in [-0.39, 0.29) is 0 Å². The van der Waals surface area contributed by atoms with E-state index in [1.165, 1.54) is 13.2 Å². The fourth-order valence-electron chi connectivity index (χ4n) is 2.25. The zero-order chi connectivity index (χ0) is 16.7. The molecule has 1 aliphatic rings. The lowest BCUT2D eigenvalue weighted by Crippen LogP contribution is -2.38. The van der Waals surface area contributed by atoms with E-state index in [9.17, 15) is 4.79 Å². The van der Waals surface area contributed by atoms with Crippen molar-refractivity contribution in [2.45, 2.75) is 0 Å². The number of carboxylic acid groups (broad SMARTS) is 1. The molecule has 6 nitrogen and oxygen atoms in total. The lowest BCUT2D eigenvalue weighted by atomic mass is 10.2. The Labute approximate surface area is 140 Å². The molecule has 0 atom stereocenters. The predicted molar refractivity (Wildman–Crippen MR) is 87.4 cm³/mol. The van der Waals surface area contributed by atoms with Gasteiger partial charge in [-0.25, -0.2) is 4.79 Å². The van der Waals surface area contributed by atoms with E-state index in [0.29, 0.717) is 28.7 Å². The van der Waals surface area contributed by atoms with Gasteiger partial charge < -0.3 is 19.3 Å². The van der Waals surface area contributed by atoms with Crippen molar-refractivity contribution in [3.8, 4) is 11.5 Å². The second-order valence-electron chi connectivity index (χ2n) is 5.01. The zero-order valence-corrected chi connectivity index (χ0v) is 13.7. The summed E-state index contributed by atoms with van der Waals surface area (Å²) >= 11 is 6.23. The summed E-state index contributed by atoms with van der Waals surface area (Å²) in [5.74, 6) is -0.0784. The molecule has 126 valence electrons. The first-order chi connectivity index (χ1) is 11.1. The van der Waals surface area contributed by atoms with E-state index in [0.717, 1.165) is 38.9 Å². The number of rotatable bonds is 7. The number of nitrogens with zero attached hydrogens (tertiary/aromatic N) is 1.